The first kappa shape index (κ1) is 58.1. The number of allylic oxidation sites excluding steroid dienone is 2. The minimum absolute atomic E-state index is 0.0236. The van der Waals surface area contributed by atoms with Gasteiger partial charge in [0, 0.05) is 60.9 Å². The topological polar surface area (TPSA) is 176 Å². The van der Waals surface area contributed by atoms with Crippen LogP contribution in [0.5, 0.6) is 11.5 Å². The molecule has 1 aromatic heterocycles. The number of aromatic amines is 1. The molecule has 9 bridgehead atoms. The number of nitrogens with one attached hydrogen (secondary N) is 4. The smallest absolute Gasteiger partial charge is 0.173 e. The van der Waals surface area contributed by atoms with Crippen LogP contribution in [0.2, 0.25) is 0 Å². The maximum Gasteiger partial charge on any atom is 0.173 e. The molecular formula is C70H88N4O7. The Morgan fingerprint density at radius 1 is 0.827 bits per heavy atom. The number of ether oxygens (including phenoxy) is 1. The summed E-state index contributed by atoms with van der Waals surface area (Å²) in [6.07, 6.45) is 16.6. The predicted octanol–water partition coefficient (Wildman–Crippen LogP) is 12.1. The first-order chi connectivity index (χ1) is 39.3. The summed E-state index contributed by atoms with van der Waals surface area (Å²) in [7, 11) is 1.50. The number of aromatic nitrogens is 1. The molecule has 1 spiro atoms. The van der Waals surface area contributed by atoms with Gasteiger partial charge in [-0.25, -0.2) is 0 Å². The Bertz CT molecular complexity index is 3120. The van der Waals surface area contributed by atoms with Gasteiger partial charge in [0.25, 0.3) is 0 Å². The molecular weight excluding hydrogens is 1010 g/mol. The molecule has 3 heterocycles. The van der Waals surface area contributed by atoms with E-state index in [9.17, 15) is 25.2 Å². The Hall–Kier alpha value is -6.16. The summed E-state index contributed by atoms with van der Waals surface area (Å²) in [5.74, 6) is 6.05. The molecule has 3 aliphatic carbocycles. The molecule has 0 saturated heterocycles. The second kappa shape index (κ2) is 26.4. The minimum Gasteiger partial charge on any atom is -0.504 e. The summed E-state index contributed by atoms with van der Waals surface area (Å²) < 4.78 is 5.57. The zero-order valence-electron chi connectivity index (χ0n) is 48.3. The van der Waals surface area contributed by atoms with E-state index in [1.54, 1.807) is 12.1 Å². The Morgan fingerprint density at radius 3 is 2.48 bits per heavy atom. The normalized spacial score (nSPS) is 29.6. The second-order valence-corrected chi connectivity index (χ2v) is 24.9. The van der Waals surface area contributed by atoms with Gasteiger partial charge in [-0.2, -0.15) is 0 Å². The van der Waals surface area contributed by atoms with Gasteiger partial charge in [0.15, 0.2) is 29.2 Å². The third-order valence-electron chi connectivity index (χ3n) is 19.3. The fraction of sp³-hybridized carbons (Fsp3) is 0.514. The van der Waals surface area contributed by atoms with Gasteiger partial charge in [-0.05, 0) is 168 Å². The monoisotopic (exact) mass is 1100 g/mol. The number of H-pyrrole nitrogens is 1. The van der Waals surface area contributed by atoms with Gasteiger partial charge in [0.2, 0.25) is 0 Å². The van der Waals surface area contributed by atoms with Crippen molar-refractivity contribution in [3.05, 3.63) is 148 Å². The van der Waals surface area contributed by atoms with Crippen LogP contribution in [0.4, 0.5) is 5.69 Å². The number of ketones is 2. The Morgan fingerprint density at radius 2 is 1.67 bits per heavy atom. The average molecular weight is 1100 g/mol. The van der Waals surface area contributed by atoms with Crippen LogP contribution in [0.3, 0.4) is 0 Å². The van der Waals surface area contributed by atoms with Crippen LogP contribution in [0.15, 0.2) is 115 Å². The van der Waals surface area contributed by atoms with Crippen LogP contribution in [-0.4, -0.2) is 82.0 Å². The lowest BCUT2D eigenvalue weighted by Crippen LogP contribution is -2.50. The van der Waals surface area contributed by atoms with Crippen molar-refractivity contribution in [2.75, 3.05) is 32.1 Å². The molecule has 2 aliphatic heterocycles. The van der Waals surface area contributed by atoms with E-state index < -0.39 is 53.0 Å². The van der Waals surface area contributed by atoms with Gasteiger partial charge in [-0.15, -0.1) is 0 Å². The van der Waals surface area contributed by atoms with E-state index in [2.05, 4.69) is 114 Å². The Balaban J connectivity index is 1.11. The first-order valence-corrected chi connectivity index (χ1v) is 30.7. The minimum atomic E-state index is -1.83. The number of aryl methyl sites for hydroxylation is 1. The van der Waals surface area contributed by atoms with E-state index in [-0.39, 0.29) is 48.0 Å². The van der Waals surface area contributed by atoms with E-state index in [1.807, 2.05) is 30.3 Å². The van der Waals surface area contributed by atoms with Crippen molar-refractivity contribution in [3.63, 3.8) is 0 Å². The number of rotatable bonds is 8. The molecule has 4 aromatic carbocycles. The van der Waals surface area contributed by atoms with Gasteiger partial charge < -0.3 is 46.1 Å². The van der Waals surface area contributed by atoms with Crippen molar-refractivity contribution >= 4 is 28.0 Å². The molecule has 2 fully saturated rings. The van der Waals surface area contributed by atoms with Crippen LogP contribution < -0.4 is 20.7 Å². The van der Waals surface area contributed by atoms with E-state index in [0.717, 1.165) is 120 Å². The third kappa shape index (κ3) is 13.4. The number of carbonyl (C=O) groups is 2. The molecule has 2 saturated carbocycles. The number of benzene rings is 4. The van der Waals surface area contributed by atoms with Gasteiger partial charge in [0.05, 0.1) is 25.2 Å². The Kier molecular flexibility index (Phi) is 18.9. The van der Waals surface area contributed by atoms with Crippen molar-refractivity contribution in [2.45, 2.75) is 165 Å². The average Bonchev–Trinajstić information content (AvgIpc) is 4.08. The number of hydrogen-bond donors (Lipinski definition) is 8. The van der Waals surface area contributed by atoms with Crippen molar-refractivity contribution in [1.82, 2.24) is 15.6 Å². The highest BCUT2D eigenvalue weighted by atomic mass is 16.5. The second-order valence-electron chi connectivity index (χ2n) is 24.9. The fourth-order valence-electron chi connectivity index (χ4n) is 15.0. The van der Waals surface area contributed by atoms with Crippen molar-refractivity contribution < 1.29 is 34.8 Å². The van der Waals surface area contributed by atoms with Crippen LogP contribution in [0.25, 0.3) is 10.8 Å². The molecule has 10 rings (SSSR count). The lowest BCUT2D eigenvalue weighted by atomic mass is 9.58. The number of methoxy groups -OCH3 is 1. The van der Waals surface area contributed by atoms with Crippen LogP contribution in [0.1, 0.15) is 162 Å². The van der Waals surface area contributed by atoms with Crippen LogP contribution in [-0.2, 0) is 27.8 Å². The molecule has 0 amide bonds. The number of dihydropyridines is 1. The summed E-state index contributed by atoms with van der Waals surface area (Å²) in [5, 5.41) is 61.7. The molecule has 11 heteroatoms. The van der Waals surface area contributed by atoms with Gasteiger partial charge in [-0.3, -0.25) is 9.59 Å². The number of phenols is 1. The quantitative estimate of drug-likeness (QED) is 0.0424. The molecule has 5 aliphatic rings. The van der Waals surface area contributed by atoms with Gasteiger partial charge >= 0.3 is 0 Å². The number of Topliss-reactive ketones (excluding diaryl/α,β-unsaturated/α-hetero) is 2. The summed E-state index contributed by atoms with van der Waals surface area (Å²) in [6.45, 7) is 8.46. The van der Waals surface area contributed by atoms with Crippen molar-refractivity contribution in [2.24, 2.45) is 35.5 Å². The van der Waals surface area contributed by atoms with E-state index in [0.29, 0.717) is 51.2 Å². The molecule has 8 N–H and O–H groups in total. The molecule has 5 aromatic rings. The molecule has 12 atom stereocenters. The fourth-order valence-corrected chi connectivity index (χ4v) is 15.0. The highest BCUT2D eigenvalue weighted by Gasteiger charge is 2.51. The SMILES string of the molecule is CCCCCC1CCCC2(C1)c1cc(c[nH]1)C(C)CNCC(O)Cc1ccc3ccc(cc3c1)NC1=CC(=CCN1)CC1CC3C#CC(c4ccccc4)c4cc(O)c(OC)cc4CCC(=O)C(O)C(=O)C3CC(C1)C(CCC)C2O. The zero-order valence-corrected chi connectivity index (χ0v) is 48.3. The summed E-state index contributed by atoms with van der Waals surface area (Å²) in [4.78, 5) is 33.6. The van der Waals surface area contributed by atoms with Gasteiger partial charge in [0.1, 0.15) is 5.82 Å². The Labute approximate surface area is 480 Å². The zero-order chi connectivity index (χ0) is 56.6. The number of phenolic OH excluding ortho intramolecular Hbond substituents is 1. The van der Waals surface area contributed by atoms with Crippen molar-refractivity contribution in [1.29, 1.82) is 0 Å². The number of hydrogen-bond acceptors (Lipinski definition) is 10. The number of fused-ring (bicyclic) bond motifs is 10. The standard InChI is InChI=1S/C70H88N4O7/c1-5-7-9-14-45-15-12-27-70(40-45)65-38-55(42-73-65)44(3)41-71-43-57(75)33-46-18-19-49-20-23-56(35-53(49)30-46)74-66-34-47(26-28-72-66)29-48-31-51-21-24-58(50-16-10-8-11-17-50)60-39-63(77)64(81-4)37-52(60)22-25-62(76)68(79)67(78)61(51)36-54(32-48)59(13-6-2)69(70)80/h8,10-11,16-20,23,26,30,34-35,37-39,42,44-45,48,51,54,57-59,61,68-69,71-75,77,79-80H,5-7,9,12-15,22,25,27-29,31-33,36,40-41,43H2,1-4H3. The number of β-amino-alcohol motifs (C(OH)–C–C–N with tert-alkyl or cyclic N) is 1. The summed E-state index contributed by atoms with van der Waals surface area (Å²) >= 11 is 0. The first-order valence-electron chi connectivity index (χ1n) is 30.7. The van der Waals surface area contributed by atoms with E-state index in [1.165, 1.54) is 19.1 Å². The van der Waals surface area contributed by atoms with E-state index in [4.69, 9.17) is 4.74 Å². The highest BCUT2D eigenvalue weighted by molar-refractivity contribution is 6.06. The number of aromatic hydroxyl groups is 1. The van der Waals surface area contributed by atoms with Crippen LogP contribution in [0, 0.1) is 47.3 Å². The lowest BCUT2D eigenvalue weighted by Gasteiger charge is -2.48. The maximum absolute atomic E-state index is 15.4. The molecule has 12 unspecified atom stereocenters. The largest absolute Gasteiger partial charge is 0.504 e. The maximum atomic E-state index is 15.4. The number of aliphatic hydroxyl groups is 3. The summed E-state index contributed by atoms with van der Waals surface area (Å²) in [5.41, 5.74) is 7.32. The predicted molar refractivity (Wildman–Crippen MR) is 323 cm³/mol. The lowest BCUT2D eigenvalue weighted by molar-refractivity contribution is -0.142. The van der Waals surface area contributed by atoms with Crippen LogP contribution >= 0.6 is 0 Å². The number of unbranched alkanes of at least 4 members (excludes halogenated alkanes) is 2. The molecule has 81 heavy (non-hydrogen) atoms. The number of anilines is 1. The third-order valence-corrected chi connectivity index (χ3v) is 19.3. The summed E-state index contributed by atoms with van der Waals surface area (Å²) in [6, 6.07) is 28.6. The number of carbonyl (C=O) groups excluding carboxylic acids is 2. The van der Waals surface area contributed by atoms with Crippen molar-refractivity contribution in [3.8, 4) is 23.3 Å². The van der Waals surface area contributed by atoms with Gasteiger partial charge in [-0.1, -0.05) is 138 Å². The molecule has 0 radical (unpaired) electrons. The number of aliphatic hydroxyl groups excluding tert-OH is 3. The molecule has 11 nitrogen and oxygen atoms in total. The van der Waals surface area contributed by atoms with E-state index >= 15 is 4.79 Å². The molecule has 430 valence electrons. The highest BCUT2D eigenvalue weighted by Crippen LogP contribution is 2.53.